The number of unbranched alkanes of at least 4 members (excludes halogenated alkanes) is 6. The highest BCUT2D eigenvalue weighted by Crippen LogP contribution is 2.10. The van der Waals surface area contributed by atoms with E-state index in [4.69, 9.17) is 14.9 Å². The van der Waals surface area contributed by atoms with Gasteiger partial charge < -0.3 is 19.4 Å². The molecule has 0 amide bonds. The molecule has 0 aliphatic heterocycles. The molecule has 0 aromatic rings. The molecule has 2 N–H and O–H groups in total. The van der Waals surface area contributed by atoms with Crippen molar-refractivity contribution in [3.8, 4) is 0 Å². The Morgan fingerprint density at radius 1 is 0.821 bits per heavy atom. The standard InChI is InChI=1S/C21H37NO6/c1-22(2,3)17-18(16-20(25)26)28-21(27)15-13-11-9-7-5-4-6-8-10-12-14-19(23)24/h7,9,18H,4-6,8,10-17H2,1-3H3,(H-,23,24,25,26)/p+1/b9-7+. The molecule has 0 spiro atoms. The second-order valence-corrected chi connectivity index (χ2v) is 8.25. The SMILES string of the molecule is C[N+](C)(C)CC(CC(=O)O)OC(=O)CCC/C=C/CCCCCCCC(=O)O. The molecule has 0 bridgehead atoms. The number of esters is 1. The number of hydrogen-bond donors (Lipinski definition) is 2. The molecule has 0 heterocycles. The lowest BCUT2D eigenvalue weighted by molar-refractivity contribution is -0.873. The number of carboxylic acid groups (broad SMARTS) is 2. The Hall–Kier alpha value is -1.89. The zero-order valence-corrected chi connectivity index (χ0v) is 17.7. The fraction of sp³-hybridized carbons (Fsp3) is 0.762. The summed E-state index contributed by atoms with van der Waals surface area (Å²) in [6.07, 6.45) is 11.4. The maximum absolute atomic E-state index is 11.9. The average molecular weight is 401 g/mol. The highest BCUT2D eigenvalue weighted by atomic mass is 16.5. The first kappa shape index (κ1) is 26.1. The number of nitrogens with zero attached hydrogens (tertiary/aromatic N) is 1. The molecule has 0 saturated heterocycles. The number of carbonyl (C=O) groups excluding carboxylic acids is 1. The van der Waals surface area contributed by atoms with E-state index in [1.807, 2.05) is 21.1 Å². The van der Waals surface area contributed by atoms with Crippen LogP contribution in [-0.4, -0.2) is 66.4 Å². The van der Waals surface area contributed by atoms with Crippen LogP contribution in [0.15, 0.2) is 12.2 Å². The minimum absolute atomic E-state index is 0.169. The van der Waals surface area contributed by atoms with E-state index in [1.165, 1.54) is 0 Å². The van der Waals surface area contributed by atoms with Gasteiger partial charge in [0.1, 0.15) is 6.54 Å². The molecule has 7 nitrogen and oxygen atoms in total. The monoisotopic (exact) mass is 400 g/mol. The molecule has 0 saturated carbocycles. The average Bonchev–Trinajstić information content (AvgIpc) is 2.53. The van der Waals surface area contributed by atoms with Gasteiger partial charge >= 0.3 is 17.9 Å². The topological polar surface area (TPSA) is 101 Å². The largest absolute Gasteiger partial charge is 0.481 e. The van der Waals surface area contributed by atoms with Crippen molar-refractivity contribution in [2.75, 3.05) is 27.7 Å². The van der Waals surface area contributed by atoms with Crippen molar-refractivity contribution >= 4 is 17.9 Å². The molecule has 0 aromatic carbocycles. The van der Waals surface area contributed by atoms with Crippen LogP contribution in [0.5, 0.6) is 0 Å². The molecule has 28 heavy (non-hydrogen) atoms. The molecule has 1 unspecified atom stereocenters. The molecule has 0 aliphatic carbocycles. The summed E-state index contributed by atoms with van der Waals surface area (Å²) >= 11 is 0. The number of likely N-dealkylation sites (N-methyl/N-ethyl adjacent to an activating group) is 1. The quantitative estimate of drug-likeness (QED) is 0.167. The third kappa shape index (κ3) is 18.9. The number of carbonyl (C=O) groups is 3. The molecule has 0 aliphatic rings. The lowest BCUT2D eigenvalue weighted by Crippen LogP contribution is -2.43. The van der Waals surface area contributed by atoms with Gasteiger partial charge in [0.2, 0.25) is 0 Å². The van der Waals surface area contributed by atoms with E-state index in [0.29, 0.717) is 23.9 Å². The molecule has 0 aromatic heterocycles. The number of hydrogen-bond acceptors (Lipinski definition) is 4. The molecular weight excluding hydrogens is 362 g/mol. The van der Waals surface area contributed by atoms with Crippen LogP contribution in [0, 0.1) is 0 Å². The summed E-state index contributed by atoms with van der Waals surface area (Å²) in [4.78, 5) is 33.3. The Labute approximate surface area is 169 Å². The summed E-state index contributed by atoms with van der Waals surface area (Å²) in [5.74, 6) is -2.02. The molecule has 0 rings (SSSR count). The second kappa shape index (κ2) is 15.1. The fourth-order valence-electron chi connectivity index (χ4n) is 2.86. The Kier molecular flexibility index (Phi) is 14.1. The van der Waals surface area contributed by atoms with Gasteiger partial charge in [0.25, 0.3) is 0 Å². The summed E-state index contributed by atoms with van der Waals surface area (Å²) in [5, 5.41) is 17.5. The Balaban J connectivity index is 3.79. The van der Waals surface area contributed by atoms with E-state index in [0.717, 1.165) is 44.9 Å². The van der Waals surface area contributed by atoms with Gasteiger partial charge in [-0.1, -0.05) is 31.4 Å². The number of carboxylic acids is 2. The van der Waals surface area contributed by atoms with Gasteiger partial charge in [-0.2, -0.15) is 0 Å². The molecule has 0 radical (unpaired) electrons. The Morgan fingerprint density at radius 2 is 1.39 bits per heavy atom. The van der Waals surface area contributed by atoms with Crippen LogP contribution < -0.4 is 0 Å². The number of aliphatic carboxylic acids is 2. The van der Waals surface area contributed by atoms with E-state index in [2.05, 4.69) is 12.2 Å². The lowest BCUT2D eigenvalue weighted by Gasteiger charge is -2.28. The van der Waals surface area contributed by atoms with Gasteiger partial charge in [0.05, 0.1) is 27.6 Å². The zero-order chi connectivity index (χ0) is 21.4. The van der Waals surface area contributed by atoms with Crippen LogP contribution in [0.25, 0.3) is 0 Å². The van der Waals surface area contributed by atoms with Crippen molar-refractivity contribution in [2.24, 2.45) is 0 Å². The Bertz CT molecular complexity index is 496. The predicted molar refractivity (Wildman–Crippen MR) is 108 cm³/mol. The first-order chi connectivity index (χ1) is 13.1. The third-order valence-electron chi connectivity index (χ3n) is 4.13. The second-order valence-electron chi connectivity index (χ2n) is 8.25. The number of rotatable bonds is 17. The first-order valence-corrected chi connectivity index (χ1v) is 10.2. The zero-order valence-electron chi connectivity index (χ0n) is 17.7. The number of quaternary nitrogens is 1. The summed E-state index contributed by atoms with van der Waals surface area (Å²) in [5.41, 5.74) is 0. The normalized spacial score (nSPS) is 12.8. The van der Waals surface area contributed by atoms with Crippen LogP contribution >= 0.6 is 0 Å². The maximum Gasteiger partial charge on any atom is 0.307 e. The molecule has 7 heteroatoms. The lowest BCUT2D eigenvalue weighted by atomic mass is 10.1. The van der Waals surface area contributed by atoms with Crippen LogP contribution in [0.3, 0.4) is 0 Å². The first-order valence-electron chi connectivity index (χ1n) is 10.2. The molecular formula is C21H38NO6+. The van der Waals surface area contributed by atoms with Crippen molar-refractivity contribution < 1.29 is 33.8 Å². The summed E-state index contributed by atoms with van der Waals surface area (Å²) in [7, 11) is 5.80. The van der Waals surface area contributed by atoms with E-state index in [9.17, 15) is 14.4 Å². The minimum Gasteiger partial charge on any atom is -0.481 e. The van der Waals surface area contributed by atoms with E-state index >= 15 is 0 Å². The summed E-state index contributed by atoms with van der Waals surface area (Å²) in [6.45, 7) is 0.467. The summed E-state index contributed by atoms with van der Waals surface area (Å²) < 4.78 is 5.88. The highest BCUT2D eigenvalue weighted by Gasteiger charge is 2.24. The van der Waals surface area contributed by atoms with Gasteiger partial charge in [0.15, 0.2) is 6.10 Å². The predicted octanol–water partition coefficient (Wildman–Crippen LogP) is 3.62. The molecule has 162 valence electrons. The van der Waals surface area contributed by atoms with Gasteiger partial charge in [0, 0.05) is 12.8 Å². The van der Waals surface area contributed by atoms with Crippen molar-refractivity contribution in [1.29, 1.82) is 0 Å². The fourth-order valence-corrected chi connectivity index (χ4v) is 2.86. The van der Waals surface area contributed by atoms with Gasteiger partial charge in [-0.25, -0.2) is 0 Å². The van der Waals surface area contributed by atoms with Crippen molar-refractivity contribution in [2.45, 2.75) is 76.7 Å². The van der Waals surface area contributed by atoms with Crippen LogP contribution in [0.4, 0.5) is 0 Å². The number of ether oxygens (including phenoxy) is 1. The van der Waals surface area contributed by atoms with E-state index in [1.54, 1.807) is 0 Å². The van der Waals surface area contributed by atoms with E-state index in [-0.39, 0.29) is 18.8 Å². The van der Waals surface area contributed by atoms with Crippen molar-refractivity contribution in [3.63, 3.8) is 0 Å². The van der Waals surface area contributed by atoms with Crippen LogP contribution in [-0.2, 0) is 19.1 Å². The van der Waals surface area contributed by atoms with E-state index < -0.39 is 18.0 Å². The number of allylic oxidation sites excluding steroid dienone is 2. The van der Waals surface area contributed by atoms with Crippen molar-refractivity contribution in [3.05, 3.63) is 12.2 Å². The minimum atomic E-state index is -0.962. The van der Waals surface area contributed by atoms with Gasteiger partial charge in [-0.05, 0) is 32.1 Å². The van der Waals surface area contributed by atoms with Crippen molar-refractivity contribution in [1.82, 2.24) is 0 Å². The van der Waals surface area contributed by atoms with Gasteiger partial charge in [-0.15, -0.1) is 0 Å². The van der Waals surface area contributed by atoms with Gasteiger partial charge in [-0.3, -0.25) is 14.4 Å². The molecule has 1 atom stereocenters. The Morgan fingerprint density at radius 3 is 1.96 bits per heavy atom. The maximum atomic E-state index is 11.9. The summed E-state index contributed by atoms with van der Waals surface area (Å²) in [6, 6.07) is 0. The van der Waals surface area contributed by atoms with Crippen LogP contribution in [0.2, 0.25) is 0 Å². The highest BCUT2D eigenvalue weighted by molar-refractivity contribution is 5.71. The molecule has 0 fully saturated rings. The smallest absolute Gasteiger partial charge is 0.307 e. The third-order valence-corrected chi connectivity index (χ3v) is 4.13. The van der Waals surface area contributed by atoms with Crippen LogP contribution in [0.1, 0.15) is 70.6 Å².